The van der Waals surface area contributed by atoms with Gasteiger partial charge >= 0.3 is 5.97 Å². The third kappa shape index (κ3) is 10.0. The summed E-state index contributed by atoms with van der Waals surface area (Å²) in [7, 11) is 0. The maximum atomic E-state index is 12.7. The molecule has 0 bridgehead atoms. The summed E-state index contributed by atoms with van der Waals surface area (Å²) >= 11 is 0. The van der Waals surface area contributed by atoms with Gasteiger partial charge in [-0.3, -0.25) is 14.2 Å². The Hall–Kier alpha value is -3.40. The van der Waals surface area contributed by atoms with Crippen LogP contribution in [0.2, 0.25) is 0 Å². The second-order valence-corrected chi connectivity index (χ2v) is 8.11. The van der Waals surface area contributed by atoms with Gasteiger partial charge in [-0.25, -0.2) is 0 Å². The molecule has 1 heterocycles. The molecule has 0 aliphatic heterocycles. The van der Waals surface area contributed by atoms with E-state index >= 15 is 0 Å². The summed E-state index contributed by atoms with van der Waals surface area (Å²) in [6.07, 6.45) is 30.3. The van der Waals surface area contributed by atoms with Gasteiger partial charge < -0.3 is 5.11 Å². The number of hydrogen-bond acceptors (Lipinski definition) is 2. The van der Waals surface area contributed by atoms with Crippen LogP contribution in [0.5, 0.6) is 0 Å². The maximum Gasteiger partial charge on any atom is 0.307 e. The molecular weight excluding hydrogens is 422 g/mol. The highest BCUT2D eigenvalue weighted by Crippen LogP contribution is 2.22. The first-order valence-electron chi connectivity index (χ1n) is 12.2. The molecule has 0 saturated heterocycles. The van der Waals surface area contributed by atoms with Crippen molar-refractivity contribution >= 4 is 22.8 Å². The lowest BCUT2D eigenvalue weighted by Crippen LogP contribution is -2.08. The first kappa shape index (κ1) is 26.8. The number of carboxylic acid groups (broad SMARTS) is 1. The lowest BCUT2D eigenvalue weighted by atomic mass is 10.1. The van der Waals surface area contributed by atoms with Gasteiger partial charge in [0, 0.05) is 18.0 Å². The summed E-state index contributed by atoms with van der Waals surface area (Å²) < 4.78 is 1.60. The van der Waals surface area contributed by atoms with Crippen LogP contribution in [0, 0.1) is 0 Å². The first-order chi connectivity index (χ1) is 16.6. The summed E-state index contributed by atoms with van der Waals surface area (Å²) in [4.78, 5) is 23.8. The molecule has 2 aromatic rings. The van der Waals surface area contributed by atoms with E-state index in [1.165, 1.54) is 0 Å². The molecule has 34 heavy (non-hydrogen) atoms. The van der Waals surface area contributed by atoms with Crippen molar-refractivity contribution in [3.63, 3.8) is 0 Å². The van der Waals surface area contributed by atoms with Crippen LogP contribution in [-0.2, 0) is 11.2 Å². The molecule has 0 aliphatic rings. The van der Waals surface area contributed by atoms with E-state index in [4.69, 9.17) is 5.11 Å². The lowest BCUT2D eigenvalue weighted by Gasteiger charge is -2.03. The Labute approximate surface area is 203 Å². The van der Waals surface area contributed by atoms with E-state index in [9.17, 15) is 9.59 Å². The van der Waals surface area contributed by atoms with Crippen LogP contribution < -0.4 is 0 Å². The van der Waals surface area contributed by atoms with Crippen LogP contribution in [0.25, 0.3) is 10.9 Å². The topological polar surface area (TPSA) is 59.3 Å². The Kier molecular flexibility index (Phi) is 12.8. The van der Waals surface area contributed by atoms with Gasteiger partial charge in [-0.15, -0.1) is 0 Å². The molecule has 0 atom stereocenters. The van der Waals surface area contributed by atoms with Gasteiger partial charge in [-0.2, -0.15) is 0 Å². The van der Waals surface area contributed by atoms with Crippen molar-refractivity contribution in [3.8, 4) is 0 Å². The number of nitrogens with zero attached hydrogens (tertiary/aromatic N) is 1. The van der Waals surface area contributed by atoms with E-state index in [0.29, 0.717) is 12.0 Å². The standard InChI is InChI=1S/C30H37NO3/c1-2-3-4-5-6-7-8-9-10-11-12-13-14-15-16-17-18-23-29(32)31-25-26(24-30(33)34)27-21-19-20-22-28(27)31/h3-4,6-7,9-10,12-13,15-16,19-22,25H,2,5,8,11,14,17-18,23-24H2,1H3,(H,33,34). The number of rotatable bonds is 15. The van der Waals surface area contributed by atoms with Crippen LogP contribution in [-0.4, -0.2) is 21.6 Å². The maximum absolute atomic E-state index is 12.7. The molecule has 1 aromatic heterocycles. The Morgan fingerprint density at radius 3 is 1.97 bits per heavy atom. The number of carbonyl (C=O) groups is 2. The number of unbranched alkanes of at least 4 members (excludes halogenated alkanes) is 1. The number of allylic oxidation sites excluding steroid dienone is 10. The Morgan fingerprint density at radius 2 is 1.38 bits per heavy atom. The summed E-state index contributed by atoms with van der Waals surface area (Å²) in [5, 5.41) is 9.96. The number of carboxylic acids is 1. The zero-order valence-electron chi connectivity index (χ0n) is 20.2. The monoisotopic (exact) mass is 459 g/mol. The smallest absolute Gasteiger partial charge is 0.307 e. The number of aliphatic carboxylic acids is 1. The highest BCUT2D eigenvalue weighted by atomic mass is 16.4. The lowest BCUT2D eigenvalue weighted by molar-refractivity contribution is -0.136. The van der Waals surface area contributed by atoms with Crippen LogP contribution in [0.3, 0.4) is 0 Å². The Balaban J connectivity index is 1.64. The molecule has 1 N–H and O–H groups in total. The largest absolute Gasteiger partial charge is 0.481 e. The van der Waals surface area contributed by atoms with E-state index in [0.717, 1.165) is 55.8 Å². The molecular formula is C30H37NO3. The molecule has 4 heteroatoms. The molecule has 0 aliphatic carbocycles. The van der Waals surface area contributed by atoms with E-state index in [1.54, 1.807) is 10.8 Å². The average Bonchev–Trinajstić information content (AvgIpc) is 3.19. The van der Waals surface area contributed by atoms with E-state index in [1.807, 2.05) is 24.3 Å². The predicted molar refractivity (Wildman–Crippen MR) is 142 cm³/mol. The van der Waals surface area contributed by atoms with Crippen LogP contribution in [0.15, 0.2) is 91.2 Å². The third-order valence-electron chi connectivity index (χ3n) is 5.32. The van der Waals surface area contributed by atoms with Crippen LogP contribution in [0.4, 0.5) is 0 Å². The minimum atomic E-state index is -0.895. The molecule has 0 radical (unpaired) electrons. The van der Waals surface area contributed by atoms with Crippen molar-refractivity contribution in [1.82, 2.24) is 4.57 Å². The van der Waals surface area contributed by atoms with Gasteiger partial charge in [-0.05, 0) is 56.6 Å². The summed E-state index contributed by atoms with van der Waals surface area (Å²) in [5.74, 6) is -0.895. The second kappa shape index (κ2) is 16.2. The second-order valence-electron chi connectivity index (χ2n) is 8.11. The molecule has 2 rings (SSSR count). The van der Waals surface area contributed by atoms with Crippen LogP contribution >= 0.6 is 0 Å². The van der Waals surface area contributed by atoms with Crippen molar-refractivity contribution in [2.24, 2.45) is 0 Å². The Bertz CT molecular complexity index is 1050. The van der Waals surface area contributed by atoms with E-state index < -0.39 is 5.97 Å². The number of benzene rings is 1. The fraction of sp³-hybridized carbons (Fsp3) is 0.333. The molecule has 0 unspecified atom stereocenters. The average molecular weight is 460 g/mol. The highest BCUT2D eigenvalue weighted by molar-refractivity contribution is 5.95. The van der Waals surface area contributed by atoms with Gasteiger partial charge in [0.05, 0.1) is 11.9 Å². The molecule has 0 amide bonds. The summed E-state index contributed by atoms with van der Waals surface area (Å²) in [5.41, 5.74) is 1.45. The van der Waals surface area contributed by atoms with Crippen molar-refractivity contribution in [2.45, 2.75) is 64.7 Å². The molecule has 4 nitrogen and oxygen atoms in total. The van der Waals surface area contributed by atoms with Gasteiger partial charge in [-0.1, -0.05) is 85.9 Å². The number of para-hydroxylation sites is 1. The van der Waals surface area contributed by atoms with Crippen molar-refractivity contribution < 1.29 is 14.7 Å². The zero-order valence-corrected chi connectivity index (χ0v) is 20.2. The van der Waals surface area contributed by atoms with Crippen molar-refractivity contribution in [2.75, 3.05) is 0 Å². The van der Waals surface area contributed by atoms with E-state index in [-0.39, 0.29) is 12.3 Å². The molecule has 180 valence electrons. The fourth-order valence-electron chi connectivity index (χ4n) is 3.62. The van der Waals surface area contributed by atoms with Crippen LogP contribution in [0.1, 0.15) is 68.6 Å². The van der Waals surface area contributed by atoms with Crippen molar-refractivity contribution in [3.05, 3.63) is 96.8 Å². The number of hydrogen-bond donors (Lipinski definition) is 1. The number of fused-ring (bicyclic) bond motifs is 1. The highest BCUT2D eigenvalue weighted by Gasteiger charge is 2.14. The summed E-state index contributed by atoms with van der Waals surface area (Å²) in [6, 6.07) is 7.47. The molecule has 0 saturated carbocycles. The first-order valence-corrected chi connectivity index (χ1v) is 12.2. The fourth-order valence-corrected chi connectivity index (χ4v) is 3.62. The molecule has 1 aromatic carbocycles. The van der Waals surface area contributed by atoms with Gasteiger partial charge in [0.1, 0.15) is 0 Å². The van der Waals surface area contributed by atoms with E-state index in [2.05, 4.69) is 67.7 Å². The van der Waals surface area contributed by atoms with Gasteiger partial charge in [0.2, 0.25) is 5.91 Å². The van der Waals surface area contributed by atoms with Gasteiger partial charge in [0.15, 0.2) is 0 Å². The zero-order chi connectivity index (χ0) is 24.4. The molecule has 0 fully saturated rings. The Morgan fingerprint density at radius 1 is 0.824 bits per heavy atom. The third-order valence-corrected chi connectivity index (χ3v) is 5.32. The minimum Gasteiger partial charge on any atom is -0.481 e. The quantitative estimate of drug-likeness (QED) is 0.218. The predicted octanol–water partition coefficient (Wildman–Crippen LogP) is 7.83. The number of aromatic nitrogens is 1. The van der Waals surface area contributed by atoms with Gasteiger partial charge in [0.25, 0.3) is 0 Å². The summed E-state index contributed by atoms with van der Waals surface area (Å²) in [6.45, 7) is 2.14. The van der Waals surface area contributed by atoms with Crippen molar-refractivity contribution in [1.29, 1.82) is 0 Å². The SMILES string of the molecule is CCC=CCC=CCC=CCC=CCC=CCCCC(=O)n1cc(CC(=O)O)c2ccccc21. The minimum absolute atomic E-state index is 0.000177. The molecule has 0 spiro atoms. The normalized spacial score (nSPS) is 12.5. The number of carbonyl (C=O) groups excluding carboxylic acids is 1.